The lowest BCUT2D eigenvalue weighted by Gasteiger charge is -2.04. The highest BCUT2D eigenvalue weighted by atomic mass is 79.9. The van der Waals surface area contributed by atoms with Gasteiger partial charge in [-0.25, -0.2) is 5.43 Å². The van der Waals surface area contributed by atoms with Crippen LogP contribution in [-0.2, 0) is 0 Å². The van der Waals surface area contributed by atoms with Crippen molar-refractivity contribution in [2.45, 2.75) is 0 Å². The Balaban J connectivity index is 2.19. The van der Waals surface area contributed by atoms with Gasteiger partial charge in [0, 0.05) is 22.2 Å². The van der Waals surface area contributed by atoms with Gasteiger partial charge >= 0.3 is 0 Å². The molecule has 8 nitrogen and oxygen atoms in total. The van der Waals surface area contributed by atoms with Gasteiger partial charge in [0.1, 0.15) is 11.5 Å². The van der Waals surface area contributed by atoms with Gasteiger partial charge in [-0.15, -0.1) is 0 Å². The minimum atomic E-state index is -0.832. The second-order valence-electron chi connectivity index (χ2n) is 4.48. The van der Waals surface area contributed by atoms with E-state index in [1.54, 1.807) is 12.1 Å². The number of carbonyl (C=O) groups excluding carboxylic acids is 1. The molecule has 0 atom stereocenters. The molecule has 0 saturated heterocycles. The molecule has 0 spiro atoms. The standard InChI is InChI=1S/C14H9Br2N3O5/c15-8-3-7(13(21)11(16)4-8)6-17-18-14(22)10-5-9(19(23)24)1-2-12(10)20/h1-6,20-21H,(H,18,22). The molecule has 24 heavy (non-hydrogen) atoms. The summed E-state index contributed by atoms with van der Waals surface area (Å²) in [6.07, 6.45) is 1.19. The lowest BCUT2D eigenvalue weighted by atomic mass is 10.1. The molecule has 2 aromatic carbocycles. The fraction of sp³-hybridized carbons (Fsp3) is 0. The lowest BCUT2D eigenvalue weighted by Crippen LogP contribution is -2.18. The first-order valence-corrected chi connectivity index (χ1v) is 7.87. The van der Waals surface area contributed by atoms with E-state index in [2.05, 4.69) is 42.4 Å². The van der Waals surface area contributed by atoms with Crippen LogP contribution in [-0.4, -0.2) is 27.3 Å². The quantitative estimate of drug-likeness (QED) is 0.368. The SMILES string of the molecule is O=C(NN=Cc1cc(Br)cc(Br)c1O)c1cc([N+](=O)[O-])ccc1O. The summed E-state index contributed by atoms with van der Waals surface area (Å²) >= 11 is 6.41. The van der Waals surface area contributed by atoms with E-state index < -0.39 is 16.6 Å². The van der Waals surface area contributed by atoms with Crippen molar-refractivity contribution < 1.29 is 19.9 Å². The van der Waals surface area contributed by atoms with Crippen molar-refractivity contribution in [3.05, 3.63) is 60.5 Å². The molecule has 2 rings (SSSR count). The Labute approximate surface area is 152 Å². The third kappa shape index (κ3) is 4.09. The normalized spacial score (nSPS) is 10.8. The van der Waals surface area contributed by atoms with Crippen LogP contribution in [0.2, 0.25) is 0 Å². The summed E-state index contributed by atoms with van der Waals surface area (Å²) < 4.78 is 1.11. The maximum atomic E-state index is 12.0. The minimum absolute atomic E-state index is 0.0746. The van der Waals surface area contributed by atoms with Crippen LogP contribution in [0.3, 0.4) is 0 Å². The van der Waals surface area contributed by atoms with Crippen LogP contribution in [0, 0.1) is 10.1 Å². The van der Waals surface area contributed by atoms with Crippen LogP contribution in [0.5, 0.6) is 11.5 Å². The molecule has 0 heterocycles. The molecule has 0 aliphatic rings. The number of halogens is 2. The van der Waals surface area contributed by atoms with Crippen molar-refractivity contribution in [1.82, 2.24) is 5.43 Å². The minimum Gasteiger partial charge on any atom is -0.507 e. The Morgan fingerprint density at radius 1 is 1.25 bits per heavy atom. The van der Waals surface area contributed by atoms with E-state index in [1.807, 2.05) is 0 Å². The predicted octanol–water partition coefficient (Wildman–Crippen LogP) is 3.29. The zero-order valence-corrected chi connectivity index (χ0v) is 14.9. The van der Waals surface area contributed by atoms with E-state index in [-0.39, 0.29) is 17.0 Å². The molecule has 124 valence electrons. The van der Waals surface area contributed by atoms with Crippen molar-refractivity contribution in [2.75, 3.05) is 0 Å². The fourth-order valence-electron chi connectivity index (χ4n) is 1.72. The number of nitro benzene ring substituents is 1. The lowest BCUT2D eigenvalue weighted by molar-refractivity contribution is -0.384. The number of phenolic OH excluding ortho intramolecular Hbond substituents is 2. The van der Waals surface area contributed by atoms with Gasteiger partial charge in [-0.05, 0) is 34.1 Å². The highest BCUT2D eigenvalue weighted by Crippen LogP contribution is 2.30. The Morgan fingerprint density at radius 3 is 2.62 bits per heavy atom. The number of amides is 1. The Bertz CT molecular complexity index is 855. The van der Waals surface area contributed by atoms with Gasteiger partial charge in [0.15, 0.2) is 0 Å². The third-order valence-electron chi connectivity index (χ3n) is 2.86. The summed E-state index contributed by atoms with van der Waals surface area (Å²) in [6, 6.07) is 6.26. The van der Waals surface area contributed by atoms with Crippen molar-refractivity contribution in [3.63, 3.8) is 0 Å². The fourth-order valence-corrected chi connectivity index (χ4v) is 2.98. The Hall–Kier alpha value is -2.46. The first-order valence-electron chi connectivity index (χ1n) is 6.28. The summed E-state index contributed by atoms with van der Waals surface area (Å²) in [5.74, 6) is -1.32. The van der Waals surface area contributed by atoms with Gasteiger partial charge in [0.25, 0.3) is 11.6 Å². The van der Waals surface area contributed by atoms with E-state index in [0.29, 0.717) is 14.5 Å². The number of rotatable bonds is 4. The van der Waals surface area contributed by atoms with Gasteiger partial charge in [-0.2, -0.15) is 5.10 Å². The van der Waals surface area contributed by atoms with Crippen molar-refractivity contribution in [2.24, 2.45) is 5.10 Å². The number of phenols is 2. The highest BCUT2D eigenvalue weighted by Gasteiger charge is 2.16. The number of nitrogens with zero attached hydrogens (tertiary/aromatic N) is 2. The van der Waals surface area contributed by atoms with Gasteiger partial charge in [0.05, 0.1) is 21.2 Å². The number of hydrogen-bond acceptors (Lipinski definition) is 6. The van der Waals surface area contributed by atoms with E-state index in [4.69, 9.17) is 0 Å². The number of aromatic hydroxyl groups is 2. The van der Waals surface area contributed by atoms with Crippen LogP contribution < -0.4 is 5.43 Å². The van der Waals surface area contributed by atoms with Crippen molar-refractivity contribution in [1.29, 1.82) is 0 Å². The monoisotopic (exact) mass is 457 g/mol. The number of non-ortho nitro benzene ring substituents is 1. The molecule has 10 heteroatoms. The summed E-state index contributed by atoms with van der Waals surface area (Å²) in [6.45, 7) is 0. The van der Waals surface area contributed by atoms with Gasteiger partial charge in [-0.1, -0.05) is 15.9 Å². The maximum Gasteiger partial charge on any atom is 0.275 e. The second kappa shape index (κ2) is 7.41. The highest BCUT2D eigenvalue weighted by molar-refractivity contribution is 9.11. The van der Waals surface area contributed by atoms with Crippen LogP contribution in [0.25, 0.3) is 0 Å². The first kappa shape index (κ1) is 17.9. The predicted molar refractivity (Wildman–Crippen MR) is 93.3 cm³/mol. The number of hydrazone groups is 1. The average Bonchev–Trinajstić information content (AvgIpc) is 2.51. The van der Waals surface area contributed by atoms with Gasteiger partial charge in [-0.3, -0.25) is 14.9 Å². The smallest absolute Gasteiger partial charge is 0.275 e. The first-order chi connectivity index (χ1) is 11.3. The van der Waals surface area contributed by atoms with Gasteiger partial charge < -0.3 is 10.2 Å². The number of nitro groups is 1. The summed E-state index contributed by atoms with van der Waals surface area (Å²) in [4.78, 5) is 22.0. The summed E-state index contributed by atoms with van der Waals surface area (Å²) in [5.41, 5.74) is 1.82. The summed E-state index contributed by atoms with van der Waals surface area (Å²) in [7, 11) is 0. The third-order valence-corrected chi connectivity index (χ3v) is 3.93. The van der Waals surface area contributed by atoms with E-state index in [9.17, 15) is 25.1 Å². The zero-order valence-electron chi connectivity index (χ0n) is 11.7. The topological polar surface area (TPSA) is 125 Å². The van der Waals surface area contributed by atoms with Crippen LogP contribution in [0.15, 0.2) is 44.4 Å². The number of hydrogen-bond donors (Lipinski definition) is 3. The second-order valence-corrected chi connectivity index (χ2v) is 6.25. The molecular formula is C14H9Br2N3O5. The molecule has 1 amide bonds. The molecule has 2 aromatic rings. The molecule has 0 radical (unpaired) electrons. The molecular weight excluding hydrogens is 450 g/mol. The number of nitrogens with one attached hydrogen (secondary N) is 1. The average molecular weight is 459 g/mol. The van der Waals surface area contributed by atoms with Crippen LogP contribution >= 0.6 is 31.9 Å². The van der Waals surface area contributed by atoms with Crippen LogP contribution in [0.1, 0.15) is 15.9 Å². The Morgan fingerprint density at radius 2 is 1.96 bits per heavy atom. The zero-order chi connectivity index (χ0) is 17.9. The molecule has 3 N–H and O–H groups in total. The molecule has 0 aliphatic carbocycles. The molecule has 0 fully saturated rings. The number of benzene rings is 2. The molecule has 0 aliphatic heterocycles. The molecule has 0 saturated carbocycles. The molecule has 0 unspecified atom stereocenters. The maximum absolute atomic E-state index is 12.0. The van der Waals surface area contributed by atoms with Crippen molar-refractivity contribution in [3.8, 4) is 11.5 Å². The largest absolute Gasteiger partial charge is 0.507 e. The van der Waals surface area contributed by atoms with E-state index >= 15 is 0 Å². The molecule has 0 aromatic heterocycles. The summed E-state index contributed by atoms with van der Waals surface area (Å²) in [5, 5.41) is 33.9. The van der Waals surface area contributed by atoms with E-state index in [1.165, 1.54) is 6.21 Å². The Kier molecular flexibility index (Phi) is 5.52. The number of carbonyl (C=O) groups is 1. The van der Waals surface area contributed by atoms with E-state index in [0.717, 1.165) is 18.2 Å². The van der Waals surface area contributed by atoms with Crippen LogP contribution in [0.4, 0.5) is 5.69 Å². The van der Waals surface area contributed by atoms with Gasteiger partial charge in [0.2, 0.25) is 0 Å². The van der Waals surface area contributed by atoms with Crippen molar-refractivity contribution >= 4 is 49.7 Å². The molecule has 0 bridgehead atoms.